The second-order valence-electron chi connectivity index (χ2n) is 7.90. The molecule has 1 aliphatic heterocycles. The summed E-state index contributed by atoms with van der Waals surface area (Å²) in [4.78, 5) is 40.1. The number of rotatable bonds is 7. The number of ether oxygens (including phenoxy) is 4. The van der Waals surface area contributed by atoms with Crippen molar-refractivity contribution in [1.82, 2.24) is 4.57 Å². The van der Waals surface area contributed by atoms with E-state index in [9.17, 15) is 14.4 Å². The largest absolute Gasteiger partial charge is 0.496 e. The first kappa shape index (κ1) is 25.8. The Hall–Kier alpha value is -4.31. The van der Waals surface area contributed by atoms with Crippen LogP contribution in [0.3, 0.4) is 0 Å². The van der Waals surface area contributed by atoms with E-state index in [4.69, 9.17) is 24.7 Å². The van der Waals surface area contributed by atoms with Gasteiger partial charge in [-0.15, -0.1) is 11.3 Å². The molecule has 4 rings (SSSR count). The Kier molecular flexibility index (Phi) is 7.49. The molecule has 0 saturated carbocycles. The van der Waals surface area contributed by atoms with Crippen molar-refractivity contribution in [2.45, 2.75) is 12.8 Å². The van der Waals surface area contributed by atoms with Crippen molar-refractivity contribution in [2.75, 3.05) is 27.9 Å². The molecule has 0 radical (unpaired) electrons. The van der Waals surface area contributed by atoms with Crippen molar-refractivity contribution in [3.8, 4) is 11.5 Å². The maximum absolute atomic E-state index is 13.6. The number of hydrogen-bond acceptors (Lipinski definition) is 9. The Morgan fingerprint density at radius 1 is 0.973 bits per heavy atom. The molecular weight excluding hydrogens is 496 g/mol. The normalized spacial score (nSPS) is 15.3. The van der Waals surface area contributed by atoms with Gasteiger partial charge in [-0.25, -0.2) is 9.59 Å². The molecule has 1 aliphatic rings. The third-order valence-electron chi connectivity index (χ3n) is 5.92. The maximum atomic E-state index is 13.6. The van der Waals surface area contributed by atoms with Gasteiger partial charge in [-0.05, 0) is 25.1 Å². The Morgan fingerprint density at radius 3 is 2.27 bits per heavy atom. The van der Waals surface area contributed by atoms with Gasteiger partial charge >= 0.3 is 11.9 Å². The van der Waals surface area contributed by atoms with E-state index in [1.165, 1.54) is 21.3 Å². The third-order valence-corrected chi connectivity index (χ3v) is 7.03. The van der Waals surface area contributed by atoms with Gasteiger partial charge in [-0.1, -0.05) is 36.4 Å². The standard InChI is InChI=1S/C27H26N2O7S/c1-5-36-27(32)21-20(16-11-7-9-13-18(16)34-3)22(26(31)35-4)25-29(23(21)28)24(30)19(37-25)14-15-10-6-8-12-17(15)33-2/h6-14,20H,5,28H2,1-4H3/b19-14+. The van der Waals surface area contributed by atoms with Crippen molar-refractivity contribution in [2.24, 2.45) is 5.73 Å². The molecule has 0 spiro atoms. The molecule has 192 valence electrons. The summed E-state index contributed by atoms with van der Waals surface area (Å²) in [5.41, 5.74) is 7.20. The molecule has 0 amide bonds. The molecule has 9 nitrogen and oxygen atoms in total. The van der Waals surface area contributed by atoms with Gasteiger partial charge in [-0.2, -0.15) is 0 Å². The van der Waals surface area contributed by atoms with Gasteiger partial charge in [0.25, 0.3) is 5.56 Å². The molecule has 10 heteroatoms. The fourth-order valence-corrected chi connectivity index (χ4v) is 5.46. The van der Waals surface area contributed by atoms with Crippen LogP contribution in [0.2, 0.25) is 0 Å². The number of nitrogens with two attached hydrogens (primary N) is 1. The summed E-state index contributed by atoms with van der Waals surface area (Å²) in [6.07, 6.45) is 1.65. The van der Waals surface area contributed by atoms with E-state index in [0.717, 1.165) is 15.9 Å². The number of methoxy groups -OCH3 is 3. The van der Waals surface area contributed by atoms with Gasteiger partial charge in [0.2, 0.25) is 0 Å². The number of carbonyl (C=O) groups excluding carboxylic acids is 2. The third kappa shape index (κ3) is 4.51. The second-order valence-corrected chi connectivity index (χ2v) is 8.93. The van der Waals surface area contributed by atoms with Crippen LogP contribution in [-0.2, 0) is 19.1 Å². The lowest BCUT2D eigenvalue weighted by molar-refractivity contribution is -0.138. The van der Waals surface area contributed by atoms with E-state index >= 15 is 0 Å². The summed E-state index contributed by atoms with van der Waals surface area (Å²) in [5.74, 6) is -1.60. The first-order valence-corrected chi connectivity index (χ1v) is 12.2. The number of carbonyl (C=O) groups is 2. The van der Waals surface area contributed by atoms with Crippen molar-refractivity contribution >= 4 is 40.7 Å². The summed E-state index contributed by atoms with van der Waals surface area (Å²) in [5, 5.41) is 0. The van der Waals surface area contributed by atoms with Crippen LogP contribution in [0.15, 0.2) is 58.9 Å². The SMILES string of the molecule is CCOC(=O)C1=C(N)n2c(s/c(=C/c3ccccc3OC)c2=O)=C(C(=O)OC)C1c1ccccc1OC. The monoisotopic (exact) mass is 522 g/mol. The van der Waals surface area contributed by atoms with Crippen LogP contribution in [0.25, 0.3) is 17.5 Å². The van der Waals surface area contributed by atoms with E-state index in [0.29, 0.717) is 22.6 Å². The van der Waals surface area contributed by atoms with Crippen LogP contribution in [0.4, 0.5) is 0 Å². The molecule has 3 aromatic rings. The van der Waals surface area contributed by atoms with Crippen LogP contribution in [0, 0.1) is 0 Å². The van der Waals surface area contributed by atoms with Gasteiger partial charge in [0, 0.05) is 11.1 Å². The predicted molar refractivity (Wildman–Crippen MR) is 140 cm³/mol. The molecule has 0 bridgehead atoms. The summed E-state index contributed by atoms with van der Waals surface area (Å²) in [6, 6.07) is 14.2. The Labute approximate surface area is 216 Å². The smallest absolute Gasteiger partial charge is 0.338 e. The predicted octanol–water partition coefficient (Wildman–Crippen LogP) is 1.57. The van der Waals surface area contributed by atoms with Crippen LogP contribution >= 0.6 is 11.3 Å². The van der Waals surface area contributed by atoms with E-state index < -0.39 is 23.4 Å². The Morgan fingerprint density at radius 2 is 1.62 bits per heavy atom. The topological polar surface area (TPSA) is 119 Å². The van der Waals surface area contributed by atoms with E-state index in [1.54, 1.807) is 49.4 Å². The van der Waals surface area contributed by atoms with Crippen molar-refractivity contribution in [3.05, 3.63) is 84.8 Å². The molecule has 0 fully saturated rings. The first-order chi connectivity index (χ1) is 17.9. The average Bonchev–Trinajstić information content (AvgIpc) is 3.24. The van der Waals surface area contributed by atoms with Gasteiger partial charge in [0.1, 0.15) is 22.0 Å². The lowest BCUT2D eigenvalue weighted by Crippen LogP contribution is -2.41. The maximum Gasteiger partial charge on any atom is 0.338 e. The van der Waals surface area contributed by atoms with Gasteiger partial charge < -0.3 is 24.7 Å². The molecule has 37 heavy (non-hydrogen) atoms. The number of esters is 2. The van der Waals surface area contributed by atoms with E-state index in [-0.39, 0.29) is 32.8 Å². The van der Waals surface area contributed by atoms with Crippen molar-refractivity contribution < 1.29 is 28.5 Å². The van der Waals surface area contributed by atoms with Gasteiger partial charge in [0.15, 0.2) is 0 Å². The van der Waals surface area contributed by atoms with Crippen LogP contribution in [0.5, 0.6) is 11.5 Å². The minimum atomic E-state index is -1.00. The van der Waals surface area contributed by atoms with Crippen LogP contribution in [-0.4, -0.2) is 44.4 Å². The first-order valence-electron chi connectivity index (χ1n) is 11.4. The number of nitrogens with zero attached hydrogens (tertiary/aromatic N) is 1. The minimum absolute atomic E-state index is 0.0528. The van der Waals surface area contributed by atoms with Crippen molar-refractivity contribution in [3.63, 3.8) is 0 Å². The lowest BCUT2D eigenvalue weighted by Gasteiger charge is -2.27. The highest BCUT2D eigenvalue weighted by molar-refractivity contribution is 7.07. The zero-order valence-corrected chi connectivity index (χ0v) is 21.6. The number of benzene rings is 2. The minimum Gasteiger partial charge on any atom is -0.496 e. The fraction of sp³-hybridized carbons (Fsp3) is 0.222. The quantitative estimate of drug-likeness (QED) is 0.465. The summed E-state index contributed by atoms with van der Waals surface area (Å²) in [6.45, 7) is 1.73. The van der Waals surface area contributed by atoms with Gasteiger partial charge in [0.05, 0.1) is 49.5 Å². The molecular formula is C27H26N2O7S. The van der Waals surface area contributed by atoms with Crippen molar-refractivity contribution in [1.29, 1.82) is 0 Å². The lowest BCUT2D eigenvalue weighted by atomic mass is 9.82. The molecule has 2 aromatic carbocycles. The highest BCUT2D eigenvalue weighted by atomic mass is 32.1. The average molecular weight is 523 g/mol. The molecule has 2 heterocycles. The highest BCUT2D eigenvalue weighted by Gasteiger charge is 2.41. The summed E-state index contributed by atoms with van der Waals surface area (Å²) < 4.78 is 23.1. The van der Waals surface area contributed by atoms with Gasteiger partial charge in [-0.3, -0.25) is 9.36 Å². The summed E-state index contributed by atoms with van der Waals surface area (Å²) in [7, 11) is 4.25. The number of hydrogen-bond donors (Lipinski definition) is 1. The molecule has 0 aliphatic carbocycles. The fourth-order valence-electron chi connectivity index (χ4n) is 4.31. The zero-order chi connectivity index (χ0) is 26.7. The van der Waals surface area contributed by atoms with Crippen LogP contribution in [0.1, 0.15) is 24.0 Å². The number of fused-ring (bicyclic) bond motifs is 1. The number of thiazole rings is 1. The zero-order valence-electron chi connectivity index (χ0n) is 20.8. The van der Waals surface area contributed by atoms with E-state index in [1.807, 2.05) is 12.1 Å². The molecule has 1 unspecified atom stereocenters. The molecule has 0 saturated heterocycles. The Bertz CT molecular complexity index is 1580. The number of aromatic nitrogens is 1. The number of para-hydroxylation sites is 2. The summed E-state index contributed by atoms with van der Waals surface area (Å²) >= 11 is 1.06. The molecule has 1 aromatic heterocycles. The molecule has 1 atom stereocenters. The highest BCUT2D eigenvalue weighted by Crippen LogP contribution is 2.41. The Balaban J connectivity index is 2.15. The van der Waals surface area contributed by atoms with Crippen LogP contribution < -0.4 is 30.0 Å². The van der Waals surface area contributed by atoms with E-state index in [2.05, 4.69) is 0 Å². The second kappa shape index (κ2) is 10.8. The molecule has 2 N–H and O–H groups in total.